The minimum absolute atomic E-state index is 0.144. The van der Waals surface area contributed by atoms with E-state index in [1.54, 1.807) is 6.07 Å². The fraction of sp³-hybridized carbons (Fsp3) is 0.200. The Morgan fingerprint density at radius 1 is 0.824 bits per heavy atom. The monoisotopic (exact) mass is 450 g/mol. The van der Waals surface area contributed by atoms with Gasteiger partial charge in [-0.2, -0.15) is 0 Å². The van der Waals surface area contributed by atoms with Gasteiger partial charge < -0.3 is 9.88 Å². The Labute approximate surface area is 200 Å². The summed E-state index contributed by atoms with van der Waals surface area (Å²) < 4.78 is 2.00. The molecule has 3 aromatic carbocycles. The molecule has 1 heterocycles. The van der Waals surface area contributed by atoms with Crippen LogP contribution in [0.25, 0.3) is 16.9 Å². The third kappa shape index (κ3) is 4.44. The number of para-hydroxylation sites is 1. The fourth-order valence-corrected chi connectivity index (χ4v) is 4.43. The van der Waals surface area contributed by atoms with Crippen molar-refractivity contribution in [3.63, 3.8) is 0 Å². The minimum Gasteiger partial charge on any atom is -0.321 e. The molecule has 0 saturated carbocycles. The van der Waals surface area contributed by atoms with Crippen LogP contribution in [0.5, 0.6) is 0 Å². The molecule has 4 heteroatoms. The highest BCUT2D eigenvalue weighted by molar-refractivity contribution is 6.09. The molecule has 0 saturated heterocycles. The molecular formula is C30H30N2O2. The summed E-state index contributed by atoms with van der Waals surface area (Å²) in [5.41, 5.74) is 7.00. The Hall–Kier alpha value is -3.92. The van der Waals surface area contributed by atoms with Crippen LogP contribution in [0.2, 0.25) is 0 Å². The summed E-state index contributed by atoms with van der Waals surface area (Å²) in [5, 5.41) is 3.10. The van der Waals surface area contributed by atoms with Crippen molar-refractivity contribution in [1.29, 1.82) is 0 Å². The van der Waals surface area contributed by atoms with Crippen LogP contribution in [0.1, 0.15) is 46.6 Å². The number of anilines is 1. The van der Waals surface area contributed by atoms with Crippen molar-refractivity contribution in [3.05, 3.63) is 117 Å². The van der Waals surface area contributed by atoms with Crippen LogP contribution in [0.3, 0.4) is 0 Å². The van der Waals surface area contributed by atoms with E-state index in [2.05, 4.69) is 19.2 Å². The van der Waals surface area contributed by atoms with Gasteiger partial charge in [0.15, 0.2) is 5.43 Å². The lowest BCUT2D eigenvalue weighted by Gasteiger charge is -2.21. The van der Waals surface area contributed by atoms with Crippen molar-refractivity contribution in [2.75, 3.05) is 5.32 Å². The molecule has 4 aromatic rings. The first-order valence-electron chi connectivity index (χ1n) is 11.8. The summed E-state index contributed by atoms with van der Waals surface area (Å²) in [6.07, 6.45) is 1.58. The van der Waals surface area contributed by atoms with Gasteiger partial charge in [-0.1, -0.05) is 80.1 Å². The first-order valence-corrected chi connectivity index (χ1v) is 11.8. The number of pyridine rings is 1. The largest absolute Gasteiger partial charge is 0.321 e. The van der Waals surface area contributed by atoms with Crippen molar-refractivity contribution in [1.82, 2.24) is 4.57 Å². The summed E-state index contributed by atoms with van der Waals surface area (Å²) >= 11 is 0. The summed E-state index contributed by atoms with van der Waals surface area (Å²) in [4.78, 5) is 27.1. The summed E-state index contributed by atoms with van der Waals surface area (Å²) in [6.45, 7) is 8.07. The molecule has 0 radical (unpaired) electrons. The molecule has 1 amide bonds. The predicted octanol–water partition coefficient (Wildman–Crippen LogP) is 6.50. The van der Waals surface area contributed by atoms with Crippen LogP contribution < -0.4 is 10.7 Å². The van der Waals surface area contributed by atoms with E-state index in [-0.39, 0.29) is 16.9 Å². The first-order chi connectivity index (χ1) is 16.4. The van der Waals surface area contributed by atoms with Crippen LogP contribution in [0.15, 0.2) is 83.7 Å². The summed E-state index contributed by atoms with van der Waals surface area (Å²) in [7, 11) is 0. The molecule has 0 unspecified atom stereocenters. The Kier molecular flexibility index (Phi) is 6.78. The Balaban J connectivity index is 1.97. The van der Waals surface area contributed by atoms with Gasteiger partial charge in [-0.05, 0) is 55.5 Å². The Morgan fingerprint density at radius 2 is 1.44 bits per heavy atom. The fourth-order valence-electron chi connectivity index (χ4n) is 4.43. The van der Waals surface area contributed by atoms with Gasteiger partial charge in [-0.25, -0.2) is 0 Å². The number of hydrogen-bond acceptors (Lipinski definition) is 2. The van der Waals surface area contributed by atoms with Gasteiger partial charge in [0.1, 0.15) is 5.56 Å². The van der Waals surface area contributed by atoms with Crippen LogP contribution in [0.4, 0.5) is 5.69 Å². The van der Waals surface area contributed by atoms with Crippen LogP contribution in [0, 0.1) is 13.8 Å². The predicted molar refractivity (Wildman–Crippen MR) is 140 cm³/mol. The first kappa shape index (κ1) is 23.2. The third-order valence-corrected chi connectivity index (χ3v) is 6.20. The molecule has 172 valence electrons. The van der Waals surface area contributed by atoms with E-state index in [0.29, 0.717) is 5.69 Å². The van der Waals surface area contributed by atoms with Crippen molar-refractivity contribution >= 4 is 11.6 Å². The molecule has 0 atom stereocenters. The van der Waals surface area contributed by atoms with E-state index in [1.165, 1.54) is 0 Å². The number of aryl methyl sites for hydroxylation is 4. The van der Waals surface area contributed by atoms with E-state index >= 15 is 0 Å². The average molecular weight is 451 g/mol. The lowest BCUT2D eigenvalue weighted by Crippen LogP contribution is -2.27. The van der Waals surface area contributed by atoms with E-state index in [1.807, 2.05) is 91.2 Å². The normalized spacial score (nSPS) is 10.8. The van der Waals surface area contributed by atoms with E-state index < -0.39 is 0 Å². The molecule has 4 rings (SSSR count). The topological polar surface area (TPSA) is 51.1 Å². The van der Waals surface area contributed by atoms with Gasteiger partial charge >= 0.3 is 0 Å². The lowest BCUT2D eigenvalue weighted by atomic mass is 10.00. The average Bonchev–Trinajstić information content (AvgIpc) is 2.85. The molecule has 0 spiro atoms. The smallest absolute Gasteiger partial charge is 0.261 e. The highest BCUT2D eigenvalue weighted by Gasteiger charge is 2.23. The Bertz CT molecular complexity index is 1360. The third-order valence-electron chi connectivity index (χ3n) is 6.20. The molecule has 1 N–H and O–H groups in total. The van der Waals surface area contributed by atoms with Crippen LogP contribution in [-0.4, -0.2) is 10.5 Å². The number of hydrogen-bond donors (Lipinski definition) is 1. The van der Waals surface area contributed by atoms with Crippen molar-refractivity contribution in [3.8, 4) is 16.9 Å². The van der Waals surface area contributed by atoms with Crippen molar-refractivity contribution in [2.24, 2.45) is 0 Å². The number of nitrogens with zero attached hydrogens (tertiary/aromatic N) is 1. The van der Waals surface area contributed by atoms with E-state index in [4.69, 9.17) is 0 Å². The van der Waals surface area contributed by atoms with Crippen molar-refractivity contribution in [2.45, 2.75) is 40.5 Å². The number of benzene rings is 3. The van der Waals surface area contributed by atoms with Gasteiger partial charge in [0.25, 0.3) is 5.91 Å². The molecule has 4 nitrogen and oxygen atoms in total. The number of carbonyl (C=O) groups excluding carboxylic acids is 1. The molecule has 0 bridgehead atoms. The van der Waals surface area contributed by atoms with Gasteiger partial charge in [0.2, 0.25) is 0 Å². The second-order valence-electron chi connectivity index (χ2n) is 8.52. The molecular weight excluding hydrogens is 420 g/mol. The Morgan fingerprint density at radius 3 is 2.03 bits per heavy atom. The number of nitrogens with one attached hydrogen (secondary N) is 1. The molecule has 0 aliphatic carbocycles. The van der Waals surface area contributed by atoms with Gasteiger partial charge in [0, 0.05) is 23.1 Å². The number of aromatic nitrogens is 1. The molecule has 0 fully saturated rings. The lowest BCUT2D eigenvalue weighted by molar-refractivity contribution is 0.102. The minimum atomic E-state index is -0.389. The molecule has 1 aromatic heterocycles. The number of amides is 1. The zero-order chi connectivity index (χ0) is 24.2. The zero-order valence-electron chi connectivity index (χ0n) is 20.2. The number of carbonyl (C=O) groups is 1. The summed E-state index contributed by atoms with van der Waals surface area (Å²) in [6, 6.07) is 25.4. The maximum atomic E-state index is 13.8. The highest BCUT2D eigenvalue weighted by Crippen LogP contribution is 2.29. The van der Waals surface area contributed by atoms with Crippen LogP contribution in [-0.2, 0) is 12.8 Å². The second-order valence-corrected chi connectivity index (χ2v) is 8.52. The molecule has 0 aliphatic rings. The zero-order valence-corrected chi connectivity index (χ0v) is 20.2. The van der Waals surface area contributed by atoms with Crippen LogP contribution >= 0.6 is 0 Å². The maximum absolute atomic E-state index is 13.8. The second kappa shape index (κ2) is 9.92. The number of rotatable bonds is 6. The van der Waals surface area contributed by atoms with Crippen molar-refractivity contribution < 1.29 is 4.79 Å². The molecule has 0 aliphatic heterocycles. The van der Waals surface area contributed by atoms with Gasteiger partial charge in [-0.3, -0.25) is 9.59 Å². The summed E-state index contributed by atoms with van der Waals surface area (Å²) in [5.74, 6) is -0.389. The maximum Gasteiger partial charge on any atom is 0.261 e. The quantitative estimate of drug-likeness (QED) is 0.365. The highest BCUT2D eigenvalue weighted by atomic mass is 16.2. The molecule has 34 heavy (non-hydrogen) atoms. The van der Waals surface area contributed by atoms with E-state index in [9.17, 15) is 9.59 Å². The van der Waals surface area contributed by atoms with Gasteiger partial charge in [-0.15, -0.1) is 0 Å². The SMILES string of the molecule is CCc1cccc(CC)c1NC(=O)c1c(-c2ccccc2)n(-c2ccc(C)cc2)c(C)cc1=O. The van der Waals surface area contributed by atoms with Gasteiger partial charge in [0.05, 0.1) is 5.69 Å². The standard InChI is InChI=1S/C30H30N2O2/c1-5-22-13-10-14-23(6-2)28(22)31-30(34)27-26(33)19-21(4)32(25-17-15-20(3)16-18-25)29(27)24-11-8-7-9-12-24/h7-19H,5-6H2,1-4H3,(H,31,34). The van der Waals surface area contributed by atoms with E-state index in [0.717, 1.165) is 52.2 Å².